The van der Waals surface area contributed by atoms with Crippen molar-refractivity contribution in [3.63, 3.8) is 0 Å². The highest BCUT2D eigenvalue weighted by molar-refractivity contribution is 9.10. The zero-order chi connectivity index (χ0) is 15.2. The van der Waals surface area contributed by atoms with Crippen molar-refractivity contribution in [3.8, 4) is 5.82 Å². The molecule has 2 rings (SSSR count). The number of hydrogen-bond donors (Lipinski definition) is 1. The molecule has 0 spiro atoms. The first-order chi connectivity index (χ1) is 10.1. The molecule has 0 atom stereocenters. The second-order valence-electron chi connectivity index (χ2n) is 5.70. The summed E-state index contributed by atoms with van der Waals surface area (Å²) in [6.07, 6.45) is 5.81. The maximum Gasteiger partial charge on any atom is 0.153 e. The van der Waals surface area contributed by atoms with Gasteiger partial charge >= 0.3 is 0 Å². The second kappa shape index (κ2) is 7.71. The third-order valence-electron chi connectivity index (χ3n) is 3.10. The Hall–Kier alpha value is -1.20. The molecule has 0 aliphatic heterocycles. The van der Waals surface area contributed by atoms with Gasteiger partial charge < -0.3 is 5.32 Å². The number of pyridine rings is 1. The van der Waals surface area contributed by atoms with Crippen molar-refractivity contribution in [2.24, 2.45) is 5.92 Å². The fraction of sp³-hybridized carbons (Fsp3) is 0.500. The molecule has 0 saturated heterocycles. The first kappa shape index (κ1) is 16.2. The molecule has 1 N–H and O–H groups in total. The van der Waals surface area contributed by atoms with Gasteiger partial charge in [-0.3, -0.25) is 0 Å². The highest BCUT2D eigenvalue weighted by Gasteiger charge is 2.06. The molecule has 2 aromatic heterocycles. The van der Waals surface area contributed by atoms with Crippen molar-refractivity contribution < 1.29 is 0 Å². The van der Waals surface area contributed by atoms with E-state index in [-0.39, 0.29) is 0 Å². The minimum atomic E-state index is 0.656. The van der Waals surface area contributed by atoms with Gasteiger partial charge in [0.05, 0.1) is 10.7 Å². The fourth-order valence-electron chi connectivity index (χ4n) is 2.17. The lowest BCUT2D eigenvalue weighted by molar-refractivity contribution is 0.551. The highest BCUT2D eigenvalue weighted by Crippen LogP contribution is 2.14. The van der Waals surface area contributed by atoms with Crippen molar-refractivity contribution in [1.82, 2.24) is 20.1 Å². The van der Waals surface area contributed by atoms with E-state index < -0.39 is 0 Å². The molecule has 0 aromatic carbocycles. The smallest absolute Gasteiger partial charge is 0.153 e. The molecular weight excluding hydrogens is 328 g/mol. The van der Waals surface area contributed by atoms with Crippen LogP contribution in [0, 0.1) is 5.92 Å². The van der Waals surface area contributed by atoms with Gasteiger partial charge in [0.2, 0.25) is 0 Å². The van der Waals surface area contributed by atoms with E-state index in [9.17, 15) is 0 Å². The van der Waals surface area contributed by atoms with Crippen LogP contribution in [0.15, 0.2) is 29.0 Å². The maximum atomic E-state index is 4.70. The first-order valence-corrected chi connectivity index (χ1v) is 8.29. The van der Waals surface area contributed by atoms with Gasteiger partial charge in [0.25, 0.3) is 0 Å². The molecule has 2 heterocycles. The van der Waals surface area contributed by atoms with E-state index in [2.05, 4.69) is 59.2 Å². The lowest BCUT2D eigenvalue weighted by Gasteiger charge is -2.11. The summed E-state index contributed by atoms with van der Waals surface area (Å²) >= 11 is 3.43. The molecule has 0 aliphatic carbocycles. The van der Waals surface area contributed by atoms with Crippen LogP contribution >= 0.6 is 15.9 Å². The van der Waals surface area contributed by atoms with Crippen LogP contribution in [0.3, 0.4) is 0 Å². The fourth-order valence-corrected chi connectivity index (χ4v) is 2.45. The first-order valence-electron chi connectivity index (χ1n) is 7.49. The SMILES string of the molecule is CCCc1cc(CNCC(C)C)cc(-n2cc(Br)cn2)n1. The van der Waals surface area contributed by atoms with E-state index in [1.807, 2.05) is 10.9 Å². The normalized spacial score (nSPS) is 11.3. The molecule has 5 heteroatoms. The zero-order valence-corrected chi connectivity index (χ0v) is 14.5. The molecule has 0 unspecified atom stereocenters. The minimum Gasteiger partial charge on any atom is -0.312 e. The van der Waals surface area contributed by atoms with Crippen molar-refractivity contribution >= 4 is 15.9 Å². The maximum absolute atomic E-state index is 4.70. The van der Waals surface area contributed by atoms with E-state index in [0.29, 0.717) is 5.92 Å². The Kier molecular flexibility index (Phi) is 5.94. The lowest BCUT2D eigenvalue weighted by atomic mass is 10.1. The number of nitrogens with zero attached hydrogens (tertiary/aromatic N) is 3. The molecule has 0 bridgehead atoms. The van der Waals surface area contributed by atoms with Crippen LogP contribution in [0.1, 0.15) is 38.4 Å². The van der Waals surface area contributed by atoms with Gasteiger partial charge in [-0.1, -0.05) is 27.2 Å². The molecule has 0 amide bonds. The summed E-state index contributed by atoms with van der Waals surface area (Å²) in [5, 5.41) is 7.81. The Morgan fingerprint density at radius 3 is 2.76 bits per heavy atom. The highest BCUT2D eigenvalue weighted by atomic mass is 79.9. The van der Waals surface area contributed by atoms with Gasteiger partial charge in [-0.25, -0.2) is 9.67 Å². The summed E-state index contributed by atoms with van der Waals surface area (Å²) in [5.41, 5.74) is 2.39. The van der Waals surface area contributed by atoms with E-state index in [0.717, 1.165) is 41.9 Å². The summed E-state index contributed by atoms with van der Waals surface area (Å²) in [5.74, 6) is 1.54. The number of hydrogen-bond acceptors (Lipinski definition) is 3. The minimum absolute atomic E-state index is 0.656. The van der Waals surface area contributed by atoms with Crippen LogP contribution in [0.25, 0.3) is 5.82 Å². The molecule has 2 aromatic rings. The predicted molar refractivity (Wildman–Crippen MR) is 89.6 cm³/mol. The van der Waals surface area contributed by atoms with Crippen molar-refractivity contribution in [2.45, 2.75) is 40.2 Å². The van der Waals surface area contributed by atoms with Crippen LogP contribution in [0.2, 0.25) is 0 Å². The summed E-state index contributed by atoms with van der Waals surface area (Å²) < 4.78 is 2.78. The van der Waals surface area contributed by atoms with Gasteiger partial charge in [-0.15, -0.1) is 0 Å². The van der Waals surface area contributed by atoms with E-state index >= 15 is 0 Å². The van der Waals surface area contributed by atoms with Crippen LogP contribution < -0.4 is 5.32 Å². The van der Waals surface area contributed by atoms with E-state index in [4.69, 9.17) is 4.98 Å². The summed E-state index contributed by atoms with van der Waals surface area (Å²) in [6.45, 7) is 8.50. The monoisotopic (exact) mass is 350 g/mol. The van der Waals surface area contributed by atoms with Crippen LogP contribution in [-0.4, -0.2) is 21.3 Å². The second-order valence-corrected chi connectivity index (χ2v) is 6.62. The third-order valence-corrected chi connectivity index (χ3v) is 3.51. The van der Waals surface area contributed by atoms with Gasteiger partial charge in [0, 0.05) is 18.4 Å². The largest absolute Gasteiger partial charge is 0.312 e. The Balaban J connectivity index is 2.21. The Labute approximate surface area is 135 Å². The number of halogens is 1. The number of rotatable bonds is 7. The van der Waals surface area contributed by atoms with Crippen molar-refractivity contribution in [2.75, 3.05) is 6.54 Å². The Morgan fingerprint density at radius 1 is 1.33 bits per heavy atom. The van der Waals surface area contributed by atoms with Crippen LogP contribution in [0.5, 0.6) is 0 Å². The number of aryl methyl sites for hydroxylation is 1. The number of nitrogens with one attached hydrogen (secondary N) is 1. The molecule has 0 radical (unpaired) electrons. The van der Waals surface area contributed by atoms with Crippen molar-refractivity contribution in [3.05, 3.63) is 40.3 Å². The Bertz CT molecular complexity index is 577. The van der Waals surface area contributed by atoms with E-state index in [1.165, 1.54) is 5.56 Å². The molecule has 4 nitrogen and oxygen atoms in total. The molecule has 0 aliphatic rings. The average Bonchev–Trinajstić information content (AvgIpc) is 2.85. The standard InChI is InChI=1S/C16H23BrN4/c1-4-5-15-6-13(9-18-8-12(2)3)7-16(20-15)21-11-14(17)10-19-21/h6-7,10-12,18H,4-5,8-9H2,1-3H3. The van der Waals surface area contributed by atoms with Crippen LogP contribution in [-0.2, 0) is 13.0 Å². The molecular formula is C16H23BrN4. The van der Waals surface area contributed by atoms with Crippen LogP contribution in [0.4, 0.5) is 0 Å². The quantitative estimate of drug-likeness (QED) is 0.827. The zero-order valence-electron chi connectivity index (χ0n) is 12.9. The van der Waals surface area contributed by atoms with E-state index in [1.54, 1.807) is 6.20 Å². The third kappa shape index (κ3) is 4.93. The summed E-state index contributed by atoms with van der Waals surface area (Å²) in [7, 11) is 0. The van der Waals surface area contributed by atoms with Gasteiger partial charge in [0.1, 0.15) is 0 Å². The molecule has 21 heavy (non-hydrogen) atoms. The molecule has 0 saturated carbocycles. The molecule has 0 fully saturated rings. The number of aromatic nitrogens is 3. The van der Waals surface area contributed by atoms with Gasteiger partial charge in [-0.05, 0) is 52.5 Å². The topological polar surface area (TPSA) is 42.7 Å². The predicted octanol–water partition coefficient (Wildman–Crippen LogP) is 3.73. The van der Waals surface area contributed by atoms with Gasteiger partial charge in [0.15, 0.2) is 5.82 Å². The lowest BCUT2D eigenvalue weighted by Crippen LogP contribution is -2.19. The summed E-state index contributed by atoms with van der Waals surface area (Å²) in [6, 6.07) is 4.30. The molecule has 114 valence electrons. The van der Waals surface area contributed by atoms with Gasteiger partial charge in [-0.2, -0.15) is 5.10 Å². The van der Waals surface area contributed by atoms with Crippen molar-refractivity contribution in [1.29, 1.82) is 0 Å². The summed E-state index contributed by atoms with van der Waals surface area (Å²) in [4.78, 5) is 4.70. The average molecular weight is 351 g/mol. The Morgan fingerprint density at radius 2 is 2.14 bits per heavy atom.